The van der Waals surface area contributed by atoms with Crippen molar-refractivity contribution in [1.82, 2.24) is 5.06 Å². The van der Waals surface area contributed by atoms with Gasteiger partial charge in [0.1, 0.15) is 0 Å². The monoisotopic (exact) mass is 261 g/mol. The topological polar surface area (TPSA) is 55.8 Å². The minimum absolute atomic E-state index is 0.158. The first-order valence-corrected chi connectivity index (χ1v) is 5.90. The maximum Gasteiger partial charge on any atom is 0.285 e. The van der Waals surface area contributed by atoms with E-state index in [4.69, 9.17) is 9.57 Å². The number of hydrogen-bond acceptors (Lipinski definition) is 4. The molecule has 100 valence electrons. The van der Waals surface area contributed by atoms with Crippen LogP contribution in [0.1, 0.15) is 27.6 Å². The van der Waals surface area contributed by atoms with E-state index in [1.165, 1.54) is 7.11 Å². The molecular weight excluding hydrogens is 246 g/mol. The predicted octanol–water partition coefficient (Wildman–Crippen LogP) is 2.01. The second-order valence-electron chi connectivity index (χ2n) is 4.25. The van der Waals surface area contributed by atoms with Gasteiger partial charge in [-0.15, -0.1) is 11.6 Å². The maximum absolute atomic E-state index is 12.1. The minimum atomic E-state index is -0.736. The minimum Gasteiger partial charge on any atom is -0.353 e. The zero-order valence-corrected chi connectivity index (χ0v) is 10.8. The summed E-state index contributed by atoms with van der Waals surface area (Å²) in [5.74, 6) is -1.10. The van der Waals surface area contributed by atoms with Gasteiger partial charge in [0.15, 0.2) is 6.29 Å². The van der Waals surface area contributed by atoms with E-state index < -0.39 is 18.1 Å². The average Bonchev–Trinajstić information content (AvgIpc) is 2.68. The summed E-state index contributed by atoms with van der Waals surface area (Å²) in [6, 6.07) is 6.59. The zero-order valence-electron chi connectivity index (χ0n) is 10.8. The summed E-state index contributed by atoms with van der Waals surface area (Å²) in [6.07, 6.45) is 0.895. The molecule has 0 saturated carbocycles. The lowest BCUT2D eigenvalue weighted by atomic mass is 10.1. The molecule has 2 rings (SSSR count). The van der Waals surface area contributed by atoms with Crippen molar-refractivity contribution < 1.29 is 19.2 Å². The van der Waals surface area contributed by atoms with E-state index in [-0.39, 0.29) is 5.92 Å². The van der Waals surface area contributed by atoms with Crippen LogP contribution in [-0.2, 0) is 9.57 Å². The molecule has 0 bridgehead atoms. The molecular formula is C14H15NO4. The number of rotatable bonds is 5. The molecule has 5 heteroatoms. The van der Waals surface area contributed by atoms with Crippen LogP contribution in [0, 0.1) is 5.92 Å². The van der Waals surface area contributed by atoms with Crippen molar-refractivity contribution in [3.05, 3.63) is 48.0 Å². The van der Waals surface area contributed by atoms with Crippen LogP contribution in [0.4, 0.5) is 0 Å². The van der Waals surface area contributed by atoms with E-state index in [1.54, 1.807) is 30.3 Å². The first-order valence-electron chi connectivity index (χ1n) is 5.90. The van der Waals surface area contributed by atoms with E-state index in [0.29, 0.717) is 11.1 Å². The highest BCUT2D eigenvalue weighted by molar-refractivity contribution is 6.20. The van der Waals surface area contributed by atoms with E-state index in [0.717, 1.165) is 5.06 Å². The third-order valence-electron chi connectivity index (χ3n) is 3.00. The molecule has 0 aromatic heterocycles. The maximum atomic E-state index is 12.1. The quantitative estimate of drug-likeness (QED) is 0.462. The Morgan fingerprint density at radius 1 is 1.21 bits per heavy atom. The Hall–Kier alpha value is -1.98. The van der Waals surface area contributed by atoms with E-state index in [1.807, 2.05) is 6.92 Å². The van der Waals surface area contributed by atoms with Gasteiger partial charge in [0.25, 0.3) is 11.8 Å². The fourth-order valence-electron chi connectivity index (χ4n) is 1.83. The molecule has 2 amide bonds. The highest BCUT2D eigenvalue weighted by Gasteiger charge is 2.38. The molecule has 0 aliphatic carbocycles. The molecule has 1 aromatic rings. The Balaban J connectivity index is 2.22. The summed E-state index contributed by atoms with van der Waals surface area (Å²) in [5, 5.41) is 0.749. The lowest BCUT2D eigenvalue weighted by Crippen LogP contribution is -2.37. The van der Waals surface area contributed by atoms with E-state index in [9.17, 15) is 9.59 Å². The van der Waals surface area contributed by atoms with Crippen molar-refractivity contribution in [2.45, 2.75) is 13.2 Å². The second-order valence-corrected chi connectivity index (χ2v) is 4.25. The number of hydrogen-bond donors (Lipinski definition) is 0. The molecule has 1 heterocycles. The van der Waals surface area contributed by atoms with Crippen LogP contribution in [0.5, 0.6) is 0 Å². The van der Waals surface area contributed by atoms with Crippen LogP contribution in [0.25, 0.3) is 0 Å². The van der Waals surface area contributed by atoms with Crippen LogP contribution < -0.4 is 0 Å². The summed E-state index contributed by atoms with van der Waals surface area (Å²) < 4.78 is 5.12. The number of carbonyl (C=O) groups excluding carboxylic acids is 2. The Labute approximate surface area is 111 Å². The van der Waals surface area contributed by atoms with Gasteiger partial charge in [-0.3, -0.25) is 9.59 Å². The number of carbonyl (C=O) groups is 2. The molecule has 0 radical (unpaired) electrons. The fraction of sp³-hybridized carbons (Fsp3) is 0.286. The summed E-state index contributed by atoms with van der Waals surface area (Å²) >= 11 is 0. The lowest BCUT2D eigenvalue weighted by Gasteiger charge is -2.23. The van der Waals surface area contributed by atoms with E-state index >= 15 is 0 Å². The number of fused-ring (bicyclic) bond motifs is 1. The van der Waals surface area contributed by atoms with Crippen LogP contribution in [0.15, 0.2) is 36.9 Å². The van der Waals surface area contributed by atoms with Gasteiger partial charge in [-0.2, -0.15) is 0 Å². The van der Waals surface area contributed by atoms with Crippen molar-refractivity contribution in [1.29, 1.82) is 0 Å². The number of imide groups is 1. The smallest absolute Gasteiger partial charge is 0.285 e. The summed E-state index contributed by atoms with van der Waals surface area (Å²) in [7, 11) is 1.45. The fourth-order valence-corrected chi connectivity index (χ4v) is 1.83. The van der Waals surface area contributed by atoms with Crippen molar-refractivity contribution in [3.63, 3.8) is 0 Å². The first kappa shape index (κ1) is 13.5. The highest BCUT2D eigenvalue weighted by Crippen LogP contribution is 2.24. The number of methoxy groups -OCH3 is 1. The van der Waals surface area contributed by atoms with Crippen molar-refractivity contribution in [2.75, 3.05) is 7.11 Å². The SMILES string of the molecule is C=CC(C)C(OC)ON1C(=O)c2ccccc2C1=O. The van der Waals surface area contributed by atoms with Gasteiger partial charge in [0.2, 0.25) is 0 Å². The van der Waals surface area contributed by atoms with Crippen LogP contribution in [-0.4, -0.2) is 30.3 Å². The molecule has 1 aromatic carbocycles. The van der Waals surface area contributed by atoms with Crippen molar-refractivity contribution in [3.8, 4) is 0 Å². The molecule has 2 unspecified atom stereocenters. The van der Waals surface area contributed by atoms with Crippen molar-refractivity contribution in [2.24, 2.45) is 5.92 Å². The highest BCUT2D eigenvalue weighted by atomic mass is 16.8. The van der Waals surface area contributed by atoms with Gasteiger partial charge in [0, 0.05) is 13.0 Å². The zero-order chi connectivity index (χ0) is 14.0. The average molecular weight is 261 g/mol. The third-order valence-corrected chi connectivity index (χ3v) is 3.00. The van der Waals surface area contributed by atoms with Crippen LogP contribution >= 0.6 is 0 Å². The molecule has 5 nitrogen and oxygen atoms in total. The predicted molar refractivity (Wildman–Crippen MR) is 68.2 cm³/mol. The van der Waals surface area contributed by atoms with E-state index in [2.05, 4.69) is 6.58 Å². The molecule has 0 N–H and O–H groups in total. The Bertz CT molecular complexity index is 491. The normalized spacial score (nSPS) is 17.3. The first-order chi connectivity index (χ1) is 9.10. The van der Waals surface area contributed by atoms with Crippen molar-refractivity contribution >= 4 is 11.8 Å². The molecule has 2 atom stereocenters. The van der Waals surface area contributed by atoms with Crippen LogP contribution in [0.3, 0.4) is 0 Å². The van der Waals surface area contributed by atoms with Gasteiger partial charge in [-0.05, 0) is 12.1 Å². The number of amides is 2. The molecule has 19 heavy (non-hydrogen) atoms. The van der Waals surface area contributed by atoms with Crippen LogP contribution in [0.2, 0.25) is 0 Å². The van der Waals surface area contributed by atoms with Gasteiger partial charge in [0.05, 0.1) is 11.1 Å². The molecule has 0 saturated heterocycles. The molecule has 0 spiro atoms. The summed E-state index contributed by atoms with van der Waals surface area (Å²) in [6.45, 7) is 5.45. The number of benzene rings is 1. The number of ether oxygens (including phenoxy) is 1. The number of nitrogens with zero attached hydrogens (tertiary/aromatic N) is 1. The summed E-state index contributed by atoms with van der Waals surface area (Å²) in [5.41, 5.74) is 0.683. The Kier molecular flexibility index (Phi) is 3.78. The molecule has 0 fully saturated rings. The summed E-state index contributed by atoms with van der Waals surface area (Å²) in [4.78, 5) is 29.5. The lowest BCUT2D eigenvalue weighted by molar-refractivity contribution is -0.236. The van der Waals surface area contributed by atoms with Gasteiger partial charge < -0.3 is 4.74 Å². The largest absolute Gasteiger partial charge is 0.353 e. The van der Waals surface area contributed by atoms with Gasteiger partial charge >= 0.3 is 0 Å². The van der Waals surface area contributed by atoms with Gasteiger partial charge in [-0.25, -0.2) is 4.84 Å². The van der Waals surface area contributed by atoms with Gasteiger partial charge in [-0.1, -0.05) is 25.1 Å². The number of hydroxylamine groups is 2. The second kappa shape index (κ2) is 5.34. The Morgan fingerprint density at radius 3 is 2.16 bits per heavy atom. The standard InChI is InChI=1S/C14H15NO4/c1-4-9(2)14(18-3)19-15-12(16)10-7-5-6-8-11(10)13(15)17/h4-9,14H,1H2,2-3H3. The molecule has 1 aliphatic heterocycles. The third kappa shape index (κ3) is 2.30. The molecule has 1 aliphatic rings. The Morgan fingerprint density at radius 2 is 1.74 bits per heavy atom.